The van der Waals surface area contributed by atoms with Crippen molar-refractivity contribution in [3.63, 3.8) is 0 Å². The van der Waals surface area contributed by atoms with E-state index in [1.54, 1.807) is 4.90 Å². The molecule has 21 heavy (non-hydrogen) atoms. The van der Waals surface area contributed by atoms with Gasteiger partial charge in [-0.2, -0.15) is 0 Å². The number of hydrogen-bond acceptors (Lipinski definition) is 4. The maximum absolute atomic E-state index is 13.1. The van der Waals surface area contributed by atoms with Crippen LogP contribution in [-0.2, 0) is 19.1 Å². The third-order valence-electron chi connectivity index (χ3n) is 6.44. The Morgan fingerprint density at radius 3 is 2.24 bits per heavy atom. The van der Waals surface area contributed by atoms with E-state index in [1.807, 2.05) is 20.8 Å². The SMILES string of the molecule is CC12CCC(C(=O)N3CCCCC3)(C(=O)OC1=O)C2(C)C. The molecule has 2 heterocycles. The highest BCUT2D eigenvalue weighted by molar-refractivity contribution is 6.11. The molecule has 2 saturated heterocycles. The number of carbonyl (C=O) groups is 3. The zero-order chi connectivity index (χ0) is 15.5. The Morgan fingerprint density at radius 1 is 1.00 bits per heavy atom. The molecule has 0 spiro atoms. The first-order valence-corrected chi connectivity index (χ1v) is 7.83. The molecule has 0 aromatic rings. The van der Waals surface area contributed by atoms with Gasteiger partial charge in [0.05, 0.1) is 5.41 Å². The molecule has 1 aliphatic carbocycles. The molecule has 3 aliphatic rings. The first kappa shape index (κ1) is 14.5. The lowest BCUT2D eigenvalue weighted by molar-refractivity contribution is -0.199. The van der Waals surface area contributed by atoms with Crippen LogP contribution in [0.3, 0.4) is 0 Å². The molecule has 0 aromatic carbocycles. The van der Waals surface area contributed by atoms with E-state index >= 15 is 0 Å². The molecule has 0 radical (unpaired) electrons. The van der Waals surface area contributed by atoms with Gasteiger partial charge in [-0.15, -0.1) is 0 Å². The molecule has 0 N–H and O–H groups in total. The molecule has 0 aromatic heterocycles. The Bertz CT molecular complexity index is 520. The molecule has 2 unspecified atom stereocenters. The number of carbonyl (C=O) groups excluding carboxylic acids is 3. The van der Waals surface area contributed by atoms with Crippen LogP contribution in [0.15, 0.2) is 0 Å². The van der Waals surface area contributed by atoms with Crippen LogP contribution in [0.2, 0.25) is 0 Å². The van der Waals surface area contributed by atoms with E-state index in [9.17, 15) is 14.4 Å². The predicted octanol–water partition coefficient (Wildman–Crippen LogP) is 1.89. The first-order chi connectivity index (χ1) is 9.77. The maximum atomic E-state index is 13.1. The Balaban J connectivity index is 2.04. The summed E-state index contributed by atoms with van der Waals surface area (Å²) in [6.07, 6.45) is 4.03. The van der Waals surface area contributed by atoms with Crippen molar-refractivity contribution in [2.75, 3.05) is 13.1 Å². The summed E-state index contributed by atoms with van der Waals surface area (Å²) in [6, 6.07) is 0. The van der Waals surface area contributed by atoms with E-state index in [4.69, 9.17) is 4.74 Å². The van der Waals surface area contributed by atoms with Crippen molar-refractivity contribution < 1.29 is 19.1 Å². The lowest BCUT2D eigenvalue weighted by Gasteiger charge is -2.49. The molecular weight excluding hydrogens is 270 g/mol. The molecule has 5 nitrogen and oxygen atoms in total. The van der Waals surface area contributed by atoms with E-state index in [0.717, 1.165) is 19.3 Å². The predicted molar refractivity (Wildman–Crippen MR) is 75.1 cm³/mol. The standard InChI is InChI=1S/C16H23NO4/c1-14(2)15(3)7-8-16(14,13(20)21-12(15)19)11(18)17-9-5-4-6-10-17/h4-10H2,1-3H3. The zero-order valence-corrected chi connectivity index (χ0v) is 13.0. The quantitative estimate of drug-likeness (QED) is 0.547. The molecule has 5 heteroatoms. The molecule has 2 aliphatic heterocycles. The Hall–Kier alpha value is -1.39. The molecule has 2 atom stereocenters. The van der Waals surface area contributed by atoms with Gasteiger partial charge in [0, 0.05) is 18.5 Å². The van der Waals surface area contributed by atoms with Crippen LogP contribution in [0.5, 0.6) is 0 Å². The largest absolute Gasteiger partial charge is 0.392 e. The molecule has 1 saturated carbocycles. The van der Waals surface area contributed by atoms with Gasteiger partial charge in [-0.1, -0.05) is 13.8 Å². The van der Waals surface area contributed by atoms with Gasteiger partial charge in [-0.3, -0.25) is 14.4 Å². The highest BCUT2D eigenvalue weighted by Crippen LogP contribution is 2.66. The summed E-state index contributed by atoms with van der Waals surface area (Å²) < 4.78 is 5.00. The van der Waals surface area contributed by atoms with E-state index < -0.39 is 28.2 Å². The molecule has 116 valence electrons. The second-order valence-electron chi connectivity index (χ2n) is 7.39. The number of ether oxygens (including phenoxy) is 1. The van der Waals surface area contributed by atoms with Gasteiger partial charge in [0.2, 0.25) is 5.91 Å². The molecule has 2 bridgehead atoms. The summed E-state index contributed by atoms with van der Waals surface area (Å²) in [5.74, 6) is -1.24. The average Bonchev–Trinajstić information content (AvgIpc) is 2.61. The van der Waals surface area contributed by atoms with E-state index in [1.165, 1.54) is 0 Å². The minimum atomic E-state index is -1.19. The second-order valence-corrected chi connectivity index (χ2v) is 7.39. The normalized spacial score (nSPS) is 38.3. The third-order valence-corrected chi connectivity index (χ3v) is 6.44. The van der Waals surface area contributed by atoms with Gasteiger partial charge in [0.1, 0.15) is 0 Å². The summed E-state index contributed by atoms with van der Waals surface area (Å²) in [5, 5.41) is 0. The van der Waals surface area contributed by atoms with Crippen LogP contribution in [0.4, 0.5) is 0 Å². The number of esters is 2. The van der Waals surface area contributed by atoms with Gasteiger partial charge in [-0.25, -0.2) is 0 Å². The number of cyclic esters (lactones) is 2. The van der Waals surface area contributed by atoms with Crippen molar-refractivity contribution in [1.29, 1.82) is 0 Å². The van der Waals surface area contributed by atoms with Gasteiger partial charge in [-0.05, 0) is 39.0 Å². The fourth-order valence-electron chi connectivity index (χ4n) is 4.36. The smallest absolute Gasteiger partial charge is 0.329 e. The minimum absolute atomic E-state index is 0.131. The highest BCUT2D eigenvalue weighted by atomic mass is 16.6. The van der Waals surface area contributed by atoms with Gasteiger partial charge in [0.25, 0.3) is 0 Å². The van der Waals surface area contributed by atoms with Crippen molar-refractivity contribution in [3.8, 4) is 0 Å². The lowest BCUT2D eigenvalue weighted by Crippen LogP contribution is -2.63. The van der Waals surface area contributed by atoms with E-state index in [-0.39, 0.29) is 5.91 Å². The van der Waals surface area contributed by atoms with E-state index in [0.29, 0.717) is 25.9 Å². The summed E-state index contributed by atoms with van der Waals surface area (Å²) in [4.78, 5) is 39.6. The Kier molecular flexibility index (Phi) is 2.98. The van der Waals surface area contributed by atoms with Crippen LogP contribution < -0.4 is 0 Å². The molecule has 3 rings (SSSR count). The first-order valence-electron chi connectivity index (χ1n) is 7.83. The Labute approximate surface area is 125 Å². The maximum Gasteiger partial charge on any atom is 0.329 e. The average molecular weight is 293 g/mol. The molecule has 3 fully saturated rings. The number of hydrogen-bond donors (Lipinski definition) is 0. The number of amides is 1. The number of fused-ring (bicyclic) bond motifs is 2. The van der Waals surface area contributed by atoms with Crippen molar-refractivity contribution >= 4 is 17.8 Å². The number of nitrogens with zero attached hydrogens (tertiary/aromatic N) is 1. The minimum Gasteiger partial charge on any atom is -0.392 e. The van der Waals surface area contributed by atoms with Crippen molar-refractivity contribution in [2.24, 2.45) is 16.2 Å². The fraction of sp³-hybridized carbons (Fsp3) is 0.812. The van der Waals surface area contributed by atoms with Crippen molar-refractivity contribution in [2.45, 2.75) is 52.9 Å². The van der Waals surface area contributed by atoms with Crippen LogP contribution in [0.1, 0.15) is 52.9 Å². The monoisotopic (exact) mass is 293 g/mol. The third kappa shape index (κ3) is 1.55. The number of piperidine rings is 1. The van der Waals surface area contributed by atoms with Crippen LogP contribution >= 0.6 is 0 Å². The summed E-state index contributed by atoms with van der Waals surface area (Å²) in [6.45, 7) is 6.98. The fourth-order valence-corrected chi connectivity index (χ4v) is 4.36. The number of likely N-dealkylation sites (tertiary alicyclic amines) is 1. The van der Waals surface area contributed by atoms with E-state index in [2.05, 4.69) is 0 Å². The second kappa shape index (κ2) is 4.31. The van der Waals surface area contributed by atoms with Crippen LogP contribution in [0.25, 0.3) is 0 Å². The molecule has 1 amide bonds. The highest BCUT2D eigenvalue weighted by Gasteiger charge is 2.75. The van der Waals surface area contributed by atoms with Gasteiger partial charge < -0.3 is 9.64 Å². The topological polar surface area (TPSA) is 63.7 Å². The number of rotatable bonds is 1. The van der Waals surface area contributed by atoms with Gasteiger partial charge >= 0.3 is 11.9 Å². The van der Waals surface area contributed by atoms with Crippen molar-refractivity contribution in [3.05, 3.63) is 0 Å². The van der Waals surface area contributed by atoms with Gasteiger partial charge in [0.15, 0.2) is 5.41 Å². The van der Waals surface area contributed by atoms with Crippen LogP contribution in [0, 0.1) is 16.2 Å². The van der Waals surface area contributed by atoms with Crippen molar-refractivity contribution in [1.82, 2.24) is 4.90 Å². The Morgan fingerprint density at radius 2 is 1.62 bits per heavy atom. The summed E-state index contributed by atoms with van der Waals surface area (Å²) in [7, 11) is 0. The molecular formula is C16H23NO4. The van der Waals surface area contributed by atoms with Crippen LogP contribution in [-0.4, -0.2) is 35.8 Å². The zero-order valence-electron chi connectivity index (χ0n) is 13.0. The lowest BCUT2D eigenvalue weighted by atomic mass is 9.56. The summed E-state index contributed by atoms with van der Waals surface area (Å²) in [5.41, 5.74) is -2.65. The summed E-state index contributed by atoms with van der Waals surface area (Å²) >= 11 is 0.